The Balaban J connectivity index is 1.48. The molecule has 1 atom stereocenters. The van der Waals surface area contributed by atoms with Crippen LogP contribution in [0.3, 0.4) is 0 Å². The monoisotopic (exact) mass is 458 g/mol. The van der Waals surface area contributed by atoms with Crippen LogP contribution in [-0.2, 0) is 16.1 Å². The van der Waals surface area contributed by atoms with Crippen LogP contribution in [0.1, 0.15) is 38.5 Å². The molecule has 1 unspecified atom stereocenters. The van der Waals surface area contributed by atoms with Crippen molar-refractivity contribution in [2.24, 2.45) is 5.41 Å². The summed E-state index contributed by atoms with van der Waals surface area (Å²) in [5.41, 5.74) is -0.422. The molecule has 0 spiro atoms. The lowest BCUT2D eigenvalue weighted by molar-refractivity contribution is -0.142. The zero-order chi connectivity index (χ0) is 22.4. The molecule has 2 aromatic rings. The summed E-state index contributed by atoms with van der Waals surface area (Å²) >= 11 is 6.12. The summed E-state index contributed by atoms with van der Waals surface area (Å²) in [6.07, 6.45) is 8.84. The molecule has 2 saturated heterocycles. The van der Waals surface area contributed by atoms with E-state index in [1.807, 2.05) is 28.0 Å². The minimum atomic E-state index is -0.422. The molecular formula is C24H31ClN4O3. The molecule has 2 aliphatic rings. The van der Waals surface area contributed by atoms with Crippen LogP contribution in [0.15, 0.2) is 42.7 Å². The van der Waals surface area contributed by atoms with E-state index < -0.39 is 5.41 Å². The molecule has 32 heavy (non-hydrogen) atoms. The van der Waals surface area contributed by atoms with Gasteiger partial charge >= 0.3 is 0 Å². The highest BCUT2D eigenvalue weighted by Gasteiger charge is 2.41. The van der Waals surface area contributed by atoms with Crippen molar-refractivity contribution in [3.63, 3.8) is 0 Å². The molecule has 8 heteroatoms. The number of piperidine rings is 2. The third-order valence-electron chi connectivity index (χ3n) is 6.45. The second kappa shape index (κ2) is 10.4. The molecule has 4 rings (SSSR count). The number of nitrogens with zero attached hydrogens (tertiary/aromatic N) is 4. The molecule has 1 aromatic heterocycles. The Morgan fingerprint density at radius 1 is 1.03 bits per heavy atom. The van der Waals surface area contributed by atoms with Crippen LogP contribution in [0.2, 0.25) is 5.02 Å². The summed E-state index contributed by atoms with van der Waals surface area (Å²) in [5, 5.41) is 4.76. The van der Waals surface area contributed by atoms with Crippen LogP contribution < -0.4 is 4.74 Å². The third kappa shape index (κ3) is 5.82. The fourth-order valence-electron chi connectivity index (χ4n) is 4.74. The summed E-state index contributed by atoms with van der Waals surface area (Å²) < 4.78 is 7.78. The van der Waals surface area contributed by atoms with E-state index in [1.54, 1.807) is 29.2 Å². The SMILES string of the molecule is O=C(CC1(COc2cccc(Cl)c2)CCCN(C(=O)Cn2cccn2)C1)N1CCCCC1. The predicted octanol–water partition coefficient (Wildman–Crippen LogP) is 3.63. The van der Waals surface area contributed by atoms with E-state index in [-0.39, 0.29) is 18.4 Å². The number of likely N-dealkylation sites (tertiary alicyclic amines) is 2. The van der Waals surface area contributed by atoms with E-state index in [1.165, 1.54) is 6.42 Å². The Bertz CT molecular complexity index is 914. The van der Waals surface area contributed by atoms with Gasteiger partial charge in [0.2, 0.25) is 11.8 Å². The van der Waals surface area contributed by atoms with Crippen LogP contribution in [0.5, 0.6) is 5.75 Å². The van der Waals surface area contributed by atoms with Crippen LogP contribution in [0.4, 0.5) is 0 Å². The van der Waals surface area contributed by atoms with Gasteiger partial charge in [-0.05, 0) is 56.4 Å². The van der Waals surface area contributed by atoms with Gasteiger partial charge < -0.3 is 14.5 Å². The first kappa shape index (κ1) is 22.6. The molecule has 1 aromatic carbocycles. The van der Waals surface area contributed by atoms with E-state index >= 15 is 0 Å². The lowest BCUT2D eigenvalue weighted by Crippen LogP contribution is -2.52. The highest BCUT2D eigenvalue weighted by Crippen LogP contribution is 2.36. The van der Waals surface area contributed by atoms with Gasteiger partial charge in [0.25, 0.3) is 0 Å². The highest BCUT2D eigenvalue weighted by molar-refractivity contribution is 6.30. The Morgan fingerprint density at radius 2 is 1.84 bits per heavy atom. The zero-order valence-corrected chi connectivity index (χ0v) is 19.2. The number of hydrogen-bond acceptors (Lipinski definition) is 4. The predicted molar refractivity (Wildman–Crippen MR) is 122 cm³/mol. The number of rotatable bonds is 7. The highest BCUT2D eigenvalue weighted by atomic mass is 35.5. The summed E-state index contributed by atoms with van der Waals surface area (Å²) in [6, 6.07) is 9.12. The Hall–Kier alpha value is -2.54. The second-order valence-corrected chi connectivity index (χ2v) is 9.42. The molecule has 7 nitrogen and oxygen atoms in total. The number of aromatic nitrogens is 2. The van der Waals surface area contributed by atoms with Crippen molar-refractivity contribution >= 4 is 23.4 Å². The van der Waals surface area contributed by atoms with Crippen molar-refractivity contribution in [3.05, 3.63) is 47.7 Å². The van der Waals surface area contributed by atoms with Crippen LogP contribution in [-0.4, -0.2) is 64.2 Å². The molecule has 2 aliphatic heterocycles. The normalized spacial score (nSPS) is 21.4. The molecule has 3 heterocycles. The van der Waals surface area contributed by atoms with Gasteiger partial charge in [-0.25, -0.2) is 0 Å². The van der Waals surface area contributed by atoms with Crippen molar-refractivity contribution in [3.8, 4) is 5.75 Å². The van der Waals surface area contributed by atoms with E-state index in [4.69, 9.17) is 16.3 Å². The Kier molecular flexibility index (Phi) is 7.35. The maximum absolute atomic E-state index is 13.2. The lowest BCUT2D eigenvalue weighted by Gasteiger charge is -2.43. The van der Waals surface area contributed by atoms with Crippen molar-refractivity contribution < 1.29 is 14.3 Å². The molecule has 2 amide bonds. The summed E-state index contributed by atoms with van der Waals surface area (Å²) in [5.74, 6) is 0.869. The first-order valence-electron chi connectivity index (χ1n) is 11.4. The van der Waals surface area contributed by atoms with E-state index in [0.717, 1.165) is 38.8 Å². The molecule has 0 radical (unpaired) electrons. The quantitative estimate of drug-likeness (QED) is 0.635. The van der Waals surface area contributed by atoms with Crippen LogP contribution in [0, 0.1) is 5.41 Å². The summed E-state index contributed by atoms with van der Waals surface area (Å²) in [6.45, 7) is 3.43. The second-order valence-electron chi connectivity index (χ2n) is 8.99. The molecule has 0 aliphatic carbocycles. The van der Waals surface area contributed by atoms with Gasteiger partial charge in [0.1, 0.15) is 12.3 Å². The fraction of sp³-hybridized carbons (Fsp3) is 0.542. The zero-order valence-electron chi connectivity index (χ0n) is 18.4. The standard InChI is InChI=1S/C24H31ClN4O3/c25-20-7-4-8-21(15-20)32-19-24(16-22(30)27-11-2-1-3-12-27)9-5-13-28(18-24)23(31)17-29-14-6-10-26-29/h4,6-8,10,14-15H,1-3,5,9,11-13,16-19H2. The minimum absolute atomic E-state index is 0.0194. The average molecular weight is 459 g/mol. The molecule has 0 bridgehead atoms. The van der Waals surface area contributed by atoms with Gasteiger partial charge in [0, 0.05) is 55.4 Å². The number of halogens is 1. The van der Waals surface area contributed by atoms with Gasteiger partial charge in [-0.2, -0.15) is 5.10 Å². The molecular weight excluding hydrogens is 428 g/mol. The molecule has 172 valence electrons. The largest absolute Gasteiger partial charge is 0.493 e. The Morgan fingerprint density at radius 3 is 2.59 bits per heavy atom. The minimum Gasteiger partial charge on any atom is -0.493 e. The molecule has 2 fully saturated rings. The van der Waals surface area contributed by atoms with Gasteiger partial charge in [-0.1, -0.05) is 17.7 Å². The van der Waals surface area contributed by atoms with Crippen molar-refractivity contribution in [2.45, 2.75) is 45.1 Å². The first-order chi connectivity index (χ1) is 15.5. The Labute approximate surface area is 194 Å². The maximum atomic E-state index is 13.2. The molecule has 0 N–H and O–H groups in total. The van der Waals surface area contributed by atoms with Crippen molar-refractivity contribution in [1.29, 1.82) is 0 Å². The molecule has 0 saturated carbocycles. The number of hydrogen-bond donors (Lipinski definition) is 0. The fourth-order valence-corrected chi connectivity index (χ4v) is 4.92. The number of ether oxygens (including phenoxy) is 1. The topological polar surface area (TPSA) is 67.7 Å². The number of benzene rings is 1. The number of amides is 2. The first-order valence-corrected chi connectivity index (χ1v) is 11.8. The van der Waals surface area contributed by atoms with Gasteiger partial charge in [-0.3, -0.25) is 14.3 Å². The third-order valence-corrected chi connectivity index (χ3v) is 6.68. The average Bonchev–Trinajstić information content (AvgIpc) is 3.32. The van der Waals surface area contributed by atoms with Crippen molar-refractivity contribution in [2.75, 3.05) is 32.8 Å². The maximum Gasteiger partial charge on any atom is 0.244 e. The summed E-state index contributed by atoms with van der Waals surface area (Å²) in [4.78, 5) is 30.0. The lowest BCUT2D eigenvalue weighted by atomic mass is 9.77. The van der Waals surface area contributed by atoms with E-state index in [9.17, 15) is 9.59 Å². The van der Waals surface area contributed by atoms with Gasteiger partial charge in [0.05, 0.1) is 6.61 Å². The van der Waals surface area contributed by atoms with Crippen LogP contribution >= 0.6 is 11.6 Å². The summed E-state index contributed by atoms with van der Waals surface area (Å²) in [7, 11) is 0. The number of carbonyl (C=O) groups is 2. The van der Waals surface area contributed by atoms with E-state index in [2.05, 4.69) is 5.10 Å². The van der Waals surface area contributed by atoms with Crippen LogP contribution in [0.25, 0.3) is 0 Å². The van der Waals surface area contributed by atoms with Gasteiger partial charge in [-0.15, -0.1) is 0 Å². The van der Waals surface area contributed by atoms with Gasteiger partial charge in [0.15, 0.2) is 0 Å². The smallest absolute Gasteiger partial charge is 0.244 e. The number of carbonyl (C=O) groups excluding carboxylic acids is 2. The van der Waals surface area contributed by atoms with Crippen molar-refractivity contribution in [1.82, 2.24) is 19.6 Å². The van der Waals surface area contributed by atoms with E-state index in [0.29, 0.717) is 36.9 Å².